The van der Waals surface area contributed by atoms with Crippen LogP contribution in [0.25, 0.3) is 0 Å². The Balaban J connectivity index is 2.60. The minimum Gasteiger partial charge on any atom is -0.494 e. The zero-order chi connectivity index (χ0) is 13.4. The molecule has 0 bridgehead atoms. The van der Waals surface area contributed by atoms with E-state index in [1.54, 1.807) is 18.2 Å². The summed E-state index contributed by atoms with van der Waals surface area (Å²) in [4.78, 5) is 11.9. The number of ether oxygens (including phenoxy) is 1. The van der Waals surface area contributed by atoms with E-state index in [0.717, 1.165) is 13.0 Å². The highest BCUT2D eigenvalue weighted by Crippen LogP contribution is 2.12. The highest BCUT2D eigenvalue weighted by Gasteiger charge is 2.08. The molecule has 0 saturated heterocycles. The molecule has 0 aliphatic heterocycles. The van der Waals surface area contributed by atoms with Crippen LogP contribution in [0.4, 0.5) is 0 Å². The minimum atomic E-state index is -0.231. The molecule has 1 aromatic carbocycles. The molecule has 0 heterocycles. The zero-order valence-electron chi connectivity index (χ0n) is 10.7. The molecule has 98 valence electrons. The summed E-state index contributed by atoms with van der Waals surface area (Å²) in [5, 5.41) is 5.92. The van der Waals surface area contributed by atoms with Crippen molar-refractivity contribution in [1.82, 2.24) is 10.6 Å². The number of amides is 1. The highest BCUT2D eigenvalue weighted by atomic mass is 32.1. The summed E-state index contributed by atoms with van der Waals surface area (Å²) in [6.07, 6.45) is 0.954. The van der Waals surface area contributed by atoms with Gasteiger partial charge in [0.25, 0.3) is 5.91 Å². The summed E-state index contributed by atoms with van der Waals surface area (Å²) >= 11 is 5.01. The van der Waals surface area contributed by atoms with Crippen LogP contribution in [0, 0.1) is 0 Å². The maximum absolute atomic E-state index is 11.9. The maximum Gasteiger partial charge on any atom is 0.257 e. The number of hydrogen-bond acceptors (Lipinski definition) is 3. The van der Waals surface area contributed by atoms with Crippen LogP contribution in [0.3, 0.4) is 0 Å². The summed E-state index contributed by atoms with van der Waals surface area (Å²) in [6, 6.07) is 7.01. The molecular formula is C13H18N2O2S. The normalized spacial score (nSPS) is 9.67. The number of benzene rings is 1. The van der Waals surface area contributed by atoms with E-state index >= 15 is 0 Å². The smallest absolute Gasteiger partial charge is 0.257 e. The van der Waals surface area contributed by atoms with Gasteiger partial charge in [0.2, 0.25) is 0 Å². The molecule has 0 saturated carbocycles. The van der Waals surface area contributed by atoms with Crippen LogP contribution in [0.5, 0.6) is 5.75 Å². The molecule has 0 aliphatic rings. The molecular weight excluding hydrogens is 248 g/mol. The van der Waals surface area contributed by atoms with Crippen LogP contribution in [0.2, 0.25) is 0 Å². The highest BCUT2D eigenvalue weighted by molar-refractivity contribution is 7.80. The van der Waals surface area contributed by atoms with Gasteiger partial charge in [-0.3, -0.25) is 10.1 Å². The average Bonchev–Trinajstić information content (AvgIpc) is 2.37. The molecule has 18 heavy (non-hydrogen) atoms. The lowest BCUT2D eigenvalue weighted by atomic mass is 10.2. The van der Waals surface area contributed by atoms with E-state index in [-0.39, 0.29) is 5.91 Å². The monoisotopic (exact) mass is 266 g/mol. The standard InChI is InChI=1S/C13H18N2O2S/c1-3-8-14-13(18)15-12(16)10-6-5-7-11(9-10)17-4-2/h5-7,9H,3-4,8H2,1-2H3,(H2,14,15,16,18). The SMILES string of the molecule is CCCNC(=S)NC(=O)c1cccc(OCC)c1. The zero-order valence-corrected chi connectivity index (χ0v) is 11.5. The Morgan fingerprint density at radius 3 is 2.83 bits per heavy atom. The molecule has 1 aromatic rings. The van der Waals surface area contributed by atoms with Gasteiger partial charge in [0.1, 0.15) is 5.75 Å². The van der Waals surface area contributed by atoms with Crippen molar-refractivity contribution < 1.29 is 9.53 Å². The Hall–Kier alpha value is -1.62. The molecule has 0 radical (unpaired) electrons. The summed E-state index contributed by atoms with van der Waals surface area (Å²) < 4.78 is 5.34. The van der Waals surface area contributed by atoms with Crippen molar-refractivity contribution in [2.24, 2.45) is 0 Å². The second-order valence-corrected chi connectivity index (χ2v) is 4.08. The fourth-order valence-electron chi connectivity index (χ4n) is 1.35. The van der Waals surface area contributed by atoms with Gasteiger partial charge in [-0.25, -0.2) is 0 Å². The predicted octanol–water partition coefficient (Wildman–Crippen LogP) is 2.10. The van der Waals surface area contributed by atoms with E-state index in [9.17, 15) is 4.79 Å². The first-order valence-electron chi connectivity index (χ1n) is 5.99. The Bertz CT molecular complexity index is 421. The number of carbonyl (C=O) groups excluding carboxylic acids is 1. The molecule has 2 N–H and O–H groups in total. The molecule has 1 amide bonds. The number of thiocarbonyl (C=S) groups is 1. The molecule has 0 atom stereocenters. The number of nitrogens with one attached hydrogen (secondary N) is 2. The summed E-state index contributed by atoms with van der Waals surface area (Å²) in [6.45, 7) is 5.25. The third-order valence-corrected chi connectivity index (χ3v) is 2.42. The fraction of sp³-hybridized carbons (Fsp3) is 0.385. The van der Waals surface area contributed by atoms with Crippen molar-refractivity contribution in [3.63, 3.8) is 0 Å². The fourth-order valence-corrected chi connectivity index (χ4v) is 1.55. The average molecular weight is 266 g/mol. The lowest BCUT2D eigenvalue weighted by Crippen LogP contribution is -2.39. The lowest BCUT2D eigenvalue weighted by molar-refractivity contribution is 0.0976. The minimum absolute atomic E-state index is 0.231. The predicted molar refractivity (Wildman–Crippen MR) is 76.0 cm³/mol. The summed E-state index contributed by atoms with van der Waals surface area (Å²) in [5.74, 6) is 0.447. The first-order valence-corrected chi connectivity index (χ1v) is 6.40. The van der Waals surface area contributed by atoms with Gasteiger partial charge in [-0.2, -0.15) is 0 Å². The lowest BCUT2D eigenvalue weighted by Gasteiger charge is -2.09. The van der Waals surface area contributed by atoms with E-state index in [1.807, 2.05) is 19.9 Å². The molecule has 0 aliphatic carbocycles. The van der Waals surface area contributed by atoms with Crippen LogP contribution >= 0.6 is 12.2 Å². The molecule has 0 spiro atoms. The molecule has 0 fully saturated rings. The van der Waals surface area contributed by atoms with Crippen molar-refractivity contribution in [2.75, 3.05) is 13.2 Å². The van der Waals surface area contributed by atoms with Crippen LogP contribution in [0.15, 0.2) is 24.3 Å². The van der Waals surface area contributed by atoms with Gasteiger partial charge in [0.05, 0.1) is 6.61 Å². The van der Waals surface area contributed by atoms with E-state index in [4.69, 9.17) is 17.0 Å². The Labute approximate surface area is 113 Å². The number of rotatable bonds is 5. The first-order chi connectivity index (χ1) is 8.67. The van der Waals surface area contributed by atoms with Crippen LogP contribution in [-0.2, 0) is 0 Å². The second-order valence-electron chi connectivity index (χ2n) is 3.67. The number of carbonyl (C=O) groups is 1. The first kappa shape index (κ1) is 14.4. The quantitative estimate of drug-likeness (QED) is 0.801. The maximum atomic E-state index is 11.9. The van der Waals surface area contributed by atoms with Gasteiger partial charge in [-0.05, 0) is 43.8 Å². The van der Waals surface area contributed by atoms with E-state index in [1.165, 1.54) is 0 Å². The second kappa shape index (κ2) is 7.66. The van der Waals surface area contributed by atoms with Gasteiger partial charge < -0.3 is 10.1 Å². The van der Waals surface area contributed by atoms with Gasteiger partial charge in [0.15, 0.2) is 5.11 Å². The van der Waals surface area contributed by atoms with Gasteiger partial charge in [-0.1, -0.05) is 13.0 Å². The summed E-state index contributed by atoms with van der Waals surface area (Å²) in [5.41, 5.74) is 0.529. The van der Waals surface area contributed by atoms with Crippen molar-refractivity contribution in [3.8, 4) is 5.75 Å². The molecule has 4 nitrogen and oxygen atoms in total. The number of hydrogen-bond donors (Lipinski definition) is 2. The molecule has 0 aromatic heterocycles. The Morgan fingerprint density at radius 1 is 1.39 bits per heavy atom. The molecule has 0 unspecified atom stereocenters. The topological polar surface area (TPSA) is 50.4 Å². The van der Waals surface area contributed by atoms with E-state index in [2.05, 4.69) is 10.6 Å². The Kier molecular flexibility index (Phi) is 6.14. The van der Waals surface area contributed by atoms with Crippen LogP contribution in [-0.4, -0.2) is 24.2 Å². The molecule has 5 heteroatoms. The van der Waals surface area contributed by atoms with Crippen LogP contribution < -0.4 is 15.4 Å². The van der Waals surface area contributed by atoms with Crippen molar-refractivity contribution in [1.29, 1.82) is 0 Å². The largest absolute Gasteiger partial charge is 0.494 e. The van der Waals surface area contributed by atoms with Gasteiger partial charge in [-0.15, -0.1) is 0 Å². The third kappa shape index (κ3) is 4.71. The van der Waals surface area contributed by atoms with E-state index in [0.29, 0.717) is 23.0 Å². The van der Waals surface area contributed by atoms with Crippen LogP contribution in [0.1, 0.15) is 30.6 Å². The van der Waals surface area contributed by atoms with Crippen molar-refractivity contribution in [3.05, 3.63) is 29.8 Å². The summed E-state index contributed by atoms with van der Waals surface area (Å²) in [7, 11) is 0. The van der Waals surface area contributed by atoms with Gasteiger partial charge >= 0.3 is 0 Å². The third-order valence-electron chi connectivity index (χ3n) is 2.17. The van der Waals surface area contributed by atoms with Crippen molar-refractivity contribution >= 4 is 23.2 Å². The van der Waals surface area contributed by atoms with Crippen molar-refractivity contribution in [2.45, 2.75) is 20.3 Å². The Morgan fingerprint density at radius 2 is 2.17 bits per heavy atom. The molecule has 1 rings (SSSR count). The van der Waals surface area contributed by atoms with Gasteiger partial charge in [0, 0.05) is 12.1 Å². The van der Waals surface area contributed by atoms with E-state index < -0.39 is 0 Å².